The van der Waals surface area contributed by atoms with Crippen molar-refractivity contribution in [3.8, 4) is 28.3 Å². The van der Waals surface area contributed by atoms with Gasteiger partial charge in [-0.2, -0.15) is 0 Å². The minimum Gasteiger partial charge on any atom is -0.464 e. The van der Waals surface area contributed by atoms with E-state index in [2.05, 4.69) is 53.8 Å². The number of para-hydroxylation sites is 2. The van der Waals surface area contributed by atoms with E-state index < -0.39 is 0 Å². The molecule has 0 saturated heterocycles. The summed E-state index contributed by atoms with van der Waals surface area (Å²) in [6.07, 6.45) is -0.208. The van der Waals surface area contributed by atoms with Crippen molar-refractivity contribution in [1.29, 1.82) is 0 Å². The topological polar surface area (TPSA) is 47.0 Å². The van der Waals surface area contributed by atoms with Crippen LogP contribution in [0, 0.1) is 0 Å². The minimum atomic E-state index is -0.208. The second-order valence-electron chi connectivity index (χ2n) is 8.70. The Morgan fingerprint density at radius 1 is 0.600 bits per heavy atom. The lowest BCUT2D eigenvalue weighted by molar-refractivity contribution is 0.260. The number of rotatable bonds is 3. The van der Waals surface area contributed by atoms with Gasteiger partial charge in [0.1, 0.15) is 5.75 Å². The maximum absolute atomic E-state index is 6.26. The average Bonchev–Trinajstić information content (AvgIpc) is 3.38. The lowest BCUT2D eigenvalue weighted by atomic mass is 9.99. The van der Waals surface area contributed by atoms with Gasteiger partial charge in [-0.05, 0) is 29.7 Å². The molecular weight excluding hydrogens is 430 g/mol. The molecule has 1 unspecified atom stereocenters. The number of anilines is 1. The molecule has 1 aromatic heterocycles. The second kappa shape index (κ2) is 7.96. The molecule has 4 heteroatoms. The molecule has 1 aliphatic rings. The minimum absolute atomic E-state index is 0.208. The average molecular weight is 452 g/mol. The summed E-state index contributed by atoms with van der Waals surface area (Å²) >= 11 is 0. The van der Waals surface area contributed by atoms with Crippen molar-refractivity contribution in [2.45, 2.75) is 6.23 Å². The third-order valence-corrected chi connectivity index (χ3v) is 6.50. The molecule has 7 rings (SSSR count). The van der Waals surface area contributed by atoms with Crippen LogP contribution in [0.3, 0.4) is 0 Å². The first kappa shape index (κ1) is 19.7. The molecule has 0 amide bonds. The summed E-state index contributed by atoms with van der Waals surface area (Å²) in [6.45, 7) is 0. The zero-order chi connectivity index (χ0) is 23.2. The molecule has 1 aliphatic heterocycles. The van der Waals surface area contributed by atoms with Gasteiger partial charge in [-0.15, -0.1) is 0 Å². The number of hydrogen-bond donors (Lipinski definition) is 1. The van der Waals surface area contributed by atoms with Gasteiger partial charge in [0.25, 0.3) is 0 Å². The fourth-order valence-electron chi connectivity index (χ4n) is 4.76. The molecule has 0 spiro atoms. The Hall–Kier alpha value is -4.70. The van der Waals surface area contributed by atoms with E-state index in [9.17, 15) is 0 Å². The Kier molecular flexibility index (Phi) is 4.49. The van der Waals surface area contributed by atoms with Crippen molar-refractivity contribution in [2.75, 3.05) is 5.32 Å². The summed E-state index contributed by atoms with van der Waals surface area (Å²) in [5.41, 5.74) is 7.69. The maximum atomic E-state index is 6.26. The van der Waals surface area contributed by atoms with E-state index in [1.54, 1.807) is 0 Å². The molecule has 0 fully saturated rings. The van der Waals surface area contributed by atoms with Crippen molar-refractivity contribution >= 4 is 27.5 Å². The molecule has 0 aliphatic carbocycles. The van der Waals surface area contributed by atoms with Crippen LogP contribution in [-0.4, -0.2) is 9.97 Å². The van der Waals surface area contributed by atoms with Crippen LogP contribution in [0.1, 0.15) is 11.8 Å². The molecule has 4 nitrogen and oxygen atoms in total. The summed E-state index contributed by atoms with van der Waals surface area (Å²) in [5.74, 6) is 0.858. The van der Waals surface area contributed by atoms with E-state index in [1.807, 2.05) is 66.7 Å². The summed E-state index contributed by atoms with van der Waals surface area (Å²) in [4.78, 5) is 10.1. The van der Waals surface area contributed by atoms with Crippen LogP contribution in [0.15, 0.2) is 115 Å². The molecule has 35 heavy (non-hydrogen) atoms. The van der Waals surface area contributed by atoms with Crippen molar-refractivity contribution in [1.82, 2.24) is 9.97 Å². The molecule has 2 heterocycles. The van der Waals surface area contributed by atoms with Crippen LogP contribution in [0.25, 0.3) is 44.3 Å². The van der Waals surface area contributed by atoms with Crippen LogP contribution >= 0.6 is 0 Å². The Morgan fingerprint density at radius 3 is 1.97 bits per heavy atom. The highest BCUT2D eigenvalue weighted by Crippen LogP contribution is 2.44. The standard InChI is InChI=1S/C31H21N3O/c1-3-9-21(10-4-1)28-29(33-26-14-8-7-13-25(26)32-28)23-16-15-20-17-18-27-30(24(20)19-23)34-31(35-27)22-11-5-2-6-12-22/h1-19,31,34H. The third kappa shape index (κ3) is 3.39. The van der Waals surface area contributed by atoms with Gasteiger partial charge in [-0.3, -0.25) is 0 Å². The Morgan fingerprint density at radius 2 is 1.23 bits per heavy atom. The molecular formula is C31H21N3O. The zero-order valence-electron chi connectivity index (χ0n) is 18.8. The lowest BCUT2D eigenvalue weighted by Gasteiger charge is -2.12. The first-order valence-corrected chi connectivity index (χ1v) is 11.7. The molecule has 1 atom stereocenters. The van der Waals surface area contributed by atoms with E-state index in [0.29, 0.717) is 0 Å². The summed E-state index contributed by atoms with van der Waals surface area (Å²) in [7, 11) is 0. The SMILES string of the molecule is c1ccc(-c2nc3ccccc3nc2-c2ccc3ccc4c(c3c2)NC(c2ccccc2)O4)cc1. The van der Waals surface area contributed by atoms with Gasteiger partial charge in [0.15, 0.2) is 6.23 Å². The summed E-state index contributed by atoms with van der Waals surface area (Å²) in [6, 6.07) is 39.1. The van der Waals surface area contributed by atoms with E-state index in [0.717, 1.165) is 61.3 Å². The quantitative estimate of drug-likeness (QED) is 0.301. The number of fused-ring (bicyclic) bond motifs is 4. The van der Waals surface area contributed by atoms with Gasteiger partial charge in [0.2, 0.25) is 0 Å². The largest absolute Gasteiger partial charge is 0.464 e. The normalized spacial score (nSPS) is 14.5. The lowest BCUT2D eigenvalue weighted by Crippen LogP contribution is -2.09. The van der Waals surface area contributed by atoms with Gasteiger partial charge in [0.05, 0.1) is 28.1 Å². The Labute approximate surface area is 202 Å². The van der Waals surface area contributed by atoms with E-state index in [1.165, 1.54) is 0 Å². The van der Waals surface area contributed by atoms with Crippen LogP contribution in [-0.2, 0) is 0 Å². The molecule has 1 N–H and O–H groups in total. The van der Waals surface area contributed by atoms with Crippen molar-refractivity contribution in [2.24, 2.45) is 0 Å². The Bertz CT molecular complexity index is 1700. The smallest absolute Gasteiger partial charge is 0.196 e. The predicted molar refractivity (Wildman–Crippen MR) is 141 cm³/mol. The van der Waals surface area contributed by atoms with Crippen LogP contribution < -0.4 is 10.1 Å². The number of aromatic nitrogens is 2. The highest BCUT2D eigenvalue weighted by atomic mass is 16.5. The van der Waals surface area contributed by atoms with Crippen molar-refractivity contribution < 1.29 is 4.74 Å². The highest BCUT2D eigenvalue weighted by Gasteiger charge is 2.25. The zero-order valence-corrected chi connectivity index (χ0v) is 18.8. The number of benzene rings is 5. The maximum Gasteiger partial charge on any atom is 0.196 e. The number of nitrogens with zero attached hydrogens (tertiary/aromatic N) is 2. The Balaban J connectivity index is 1.40. The summed E-state index contributed by atoms with van der Waals surface area (Å²) < 4.78 is 6.26. The molecule has 5 aromatic carbocycles. The monoisotopic (exact) mass is 451 g/mol. The van der Waals surface area contributed by atoms with Crippen molar-refractivity contribution in [3.63, 3.8) is 0 Å². The van der Waals surface area contributed by atoms with Crippen LogP contribution in [0.4, 0.5) is 5.69 Å². The van der Waals surface area contributed by atoms with Gasteiger partial charge < -0.3 is 10.1 Å². The number of hydrogen-bond acceptors (Lipinski definition) is 4. The molecule has 0 bridgehead atoms. The van der Waals surface area contributed by atoms with Gasteiger partial charge >= 0.3 is 0 Å². The highest BCUT2D eigenvalue weighted by molar-refractivity contribution is 6.01. The van der Waals surface area contributed by atoms with Crippen LogP contribution in [0.2, 0.25) is 0 Å². The van der Waals surface area contributed by atoms with E-state index in [-0.39, 0.29) is 6.23 Å². The fraction of sp³-hybridized carbons (Fsp3) is 0.0323. The number of nitrogens with one attached hydrogen (secondary N) is 1. The van der Waals surface area contributed by atoms with E-state index >= 15 is 0 Å². The molecule has 6 aromatic rings. The molecule has 0 saturated carbocycles. The molecule has 166 valence electrons. The van der Waals surface area contributed by atoms with Gasteiger partial charge in [-0.1, -0.05) is 91.0 Å². The second-order valence-corrected chi connectivity index (χ2v) is 8.70. The van der Waals surface area contributed by atoms with Crippen LogP contribution in [0.5, 0.6) is 5.75 Å². The van der Waals surface area contributed by atoms with Crippen molar-refractivity contribution in [3.05, 3.63) is 121 Å². The number of ether oxygens (including phenoxy) is 1. The summed E-state index contributed by atoms with van der Waals surface area (Å²) in [5, 5.41) is 5.84. The predicted octanol–water partition coefficient (Wildman–Crippen LogP) is 7.62. The van der Waals surface area contributed by atoms with E-state index in [4.69, 9.17) is 14.7 Å². The van der Waals surface area contributed by atoms with Gasteiger partial charge in [-0.25, -0.2) is 9.97 Å². The first-order chi connectivity index (χ1) is 17.3. The van der Waals surface area contributed by atoms with Gasteiger partial charge in [0, 0.05) is 22.1 Å². The first-order valence-electron chi connectivity index (χ1n) is 11.7. The third-order valence-electron chi connectivity index (χ3n) is 6.50. The molecule has 0 radical (unpaired) electrons. The fourth-order valence-corrected chi connectivity index (χ4v) is 4.76.